The second-order valence-electron chi connectivity index (χ2n) is 6.00. The van der Waals surface area contributed by atoms with E-state index in [1.807, 2.05) is 13.8 Å². The van der Waals surface area contributed by atoms with E-state index in [9.17, 15) is 23.5 Å². The summed E-state index contributed by atoms with van der Waals surface area (Å²) >= 11 is 0. The summed E-state index contributed by atoms with van der Waals surface area (Å²) < 4.78 is 28.8. The SMILES string of the molecule is CC(C)C1(C(=O)O)CCN(C(=O)c2cccc(OC(F)F)c2)C1. The minimum Gasteiger partial charge on any atom is -0.481 e. The first-order chi connectivity index (χ1) is 10.8. The number of benzene rings is 1. The number of hydrogen-bond acceptors (Lipinski definition) is 3. The van der Waals surface area contributed by atoms with Gasteiger partial charge in [-0.2, -0.15) is 8.78 Å². The summed E-state index contributed by atoms with van der Waals surface area (Å²) in [6, 6.07) is 5.53. The molecule has 126 valence electrons. The van der Waals surface area contributed by atoms with E-state index in [0.717, 1.165) is 0 Å². The van der Waals surface area contributed by atoms with Gasteiger partial charge in [-0.3, -0.25) is 9.59 Å². The Labute approximate surface area is 132 Å². The number of alkyl halides is 2. The zero-order valence-electron chi connectivity index (χ0n) is 13.0. The van der Waals surface area contributed by atoms with Crippen LogP contribution in [0.4, 0.5) is 8.78 Å². The maximum atomic E-state index is 12.5. The molecule has 0 bridgehead atoms. The molecule has 1 aromatic rings. The van der Waals surface area contributed by atoms with E-state index in [-0.39, 0.29) is 29.7 Å². The monoisotopic (exact) mass is 327 g/mol. The van der Waals surface area contributed by atoms with Gasteiger partial charge >= 0.3 is 12.6 Å². The first-order valence-corrected chi connectivity index (χ1v) is 7.34. The van der Waals surface area contributed by atoms with E-state index < -0.39 is 18.0 Å². The fourth-order valence-corrected chi connectivity index (χ4v) is 2.89. The van der Waals surface area contributed by atoms with Crippen molar-refractivity contribution in [1.82, 2.24) is 4.90 Å². The number of likely N-dealkylation sites (tertiary alicyclic amines) is 1. The van der Waals surface area contributed by atoms with Crippen molar-refractivity contribution in [1.29, 1.82) is 0 Å². The van der Waals surface area contributed by atoms with E-state index in [1.54, 1.807) is 0 Å². The summed E-state index contributed by atoms with van der Waals surface area (Å²) in [5.41, 5.74) is -0.764. The van der Waals surface area contributed by atoms with Gasteiger partial charge in [0.05, 0.1) is 5.41 Å². The molecule has 2 rings (SSSR count). The highest BCUT2D eigenvalue weighted by molar-refractivity contribution is 5.95. The normalized spacial score (nSPS) is 21.0. The van der Waals surface area contributed by atoms with E-state index in [4.69, 9.17) is 0 Å². The number of ether oxygens (including phenoxy) is 1. The molecule has 0 aromatic heterocycles. The summed E-state index contributed by atoms with van der Waals surface area (Å²) in [5, 5.41) is 9.51. The van der Waals surface area contributed by atoms with Gasteiger partial charge in [0.1, 0.15) is 5.75 Å². The number of nitrogens with zero attached hydrogens (tertiary/aromatic N) is 1. The Bertz CT molecular complexity index is 605. The Hall–Kier alpha value is -2.18. The number of carbonyl (C=O) groups is 2. The average molecular weight is 327 g/mol. The minimum atomic E-state index is -2.97. The summed E-state index contributed by atoms with van der Waals surface area (Å²) in [5.74, 6) is -1.52. The van der Waals surface area contributed by atoms with Crippen LogP contribution in [0.1, 0.15) is 30.6 Å². The van der Waals surface area contributed by atoms with Crippen molar-refractivity contribution in [3.63, 3.8) is 0 Å². The highest BCUT2D eigenvalue weighted by atomic mass is 19.3. The van der Waals surface area contributed by atoms with Crippen LogP contribution in [0.25, 0.3) is 0 Å². The van der Waals surface area contributed by atoms with E-state index in [2.05, 4.69) is 4.74 Å². The average Bonchev–Trinajstić information content (AvgIpc) is 2.92. The number of carboxylic acid groups (broad SMARTS) is 1. The molecule has 5 nitrogen and oxygen atoms in total. The van der Waals surface area contributed by atoms with Crippen LogP contribution < -0.4 is 4.74 Å². The molecule has 1 amide bonds. The lowest BCUT2D eigenvalue weighted by atomic mass is 9.76. The Morgan fingerprint density at radius 3 is 2.57 bits per heavy atom. The van der Waals surface area contributed by atoms with Gasteiger partial charge in [-0.1, -0.05) is 19.9 Å². The van der Waals surface area contributed by atoms with Crippen LogP contribution in [-0.2, 0) is 4.79 Å². The molecule has 1 N–H and O–H groups in total. The second kappa shape index (κ2) is 6.52. The molecule has 1 aliphatic heterocycles. The number of carbonyl (C=O) groups excluding carboxylic acids is 1. The molecule has 23 heavy (non-hydrogen) atoms. The van der Waals surface area contributed by atoms with Crippen LogP contribution in [0.2, 0.25) is 0 Å². The molecule has 0 saturated carbocycles. The number of halogens is 2. The number of rotatable bonds is 5. The molecule has 1 aliphatic rings. The van der Waals surface area contributed by atoms with Crippen LogP contribution in [0.3, 0.4) is 0 Å². The largest absolute Gasteiger partial charge is 0.481 e. The van der Waals surface area contributed by atoms with Crippen LogP contribution in [0, 0.1) is 11.3 Å². The summed E-state index contributed by atoms with van der Waals surface area (Å²) in [6.45, 7) is 1.10. The van der Waals surface area contributed by atoms with Crippen molar-refractivity contribution in [2.45, 2.75) is 26.9 Å². The molecule has 0 spiro atoms. The highest BCUT2D eigenvalue weighted by Gasteiger charge is 2.48. The Kier molecular flexibility index (Phi) is 4.87. The minimum absolute atomic E-state index is 0.0987. The quantitative estimate of drug-likeness (QED) is 0.903. The van der Waals surface area contributed by atoms with Gasteiger partial charge in [-0.15, -0.1) is 0 Å². The lowest BCUT2D eigenvalue weighted by Gasteiger charge is -2.28. The molecule has 1 aromatic carbocycles. The van der Waals surface area contributed by atoms with E-state index >= 15 is 0 Å². The molecular weight excluding hydrogens is 308 g/mol. The molecular formula is C16H19F2NO4. The van der Waals surface area contributed by atoms with Gasteiger partial charge in [-0.05, 0) is 30.5 Å². The van der Waals surface area contributed by atoms with Crippen LogP contribution >= 0.6 is 0 Å². The topological polar surface area (TPSA) is 66.8 Å². The molecule has 1 fully saturated rings. The summed E-state index contributed by atoms with van der Waals surface area (Å²) in [7, 11) is 0. The summed E-state index contributed by atoms with van der Waals surface area (Å²) in [6.07, 6.45) is 0.374. The van der Waals surface area contributed by atoms with Crippen molar-refractivity contribution in [2.75, 3.05) is 13.1 Å². The fourth-order valence-electron chi connectivity index (χ4n) is 2.89. The number of carboxylic acids is 1. The smallest absolute Gasteiger partial charge is 0.387 e. The Morgan fingerprint density at radius 2 is 2.04 bits per heavy atom. The van der Waals surface area contributed by atoms with Gasteiger partial charge in [0.15, 0.2) is 0 Å². The maximum absolute atomic E-state index is 12.5. The molecule has 7 heteroatoms. The van der Waals surface area contributed by atoms with Crippen molar-refractivity contribution in [3.05, 3.63) is 29.8 Å². The number of amides is 1. The predicted molar refractivity (Wildman–Crippen MR) is 78.5 cm³/mol. The highest BCUT2D eigenvalue weighted by Crippen LogP contribution is 2.38. The predicted octanol–water partition coefficient (Wildman–Crippen LogP) is 2.86. The van der Waals surface area contributed by atoms with Gasteiger partial charge in [-0.25, -0.2) is 0 Å². The Balaban J connectivity index is 2.17. The van der Waals surface area contributed by atoms with Crippen LogP contribution in [-0.4, -0.2) is 41.6 Å². The Morgan fingerprint density at radius 1 is 1.35 bits per heavy atom. The van der Waals surface area contributed by atoms with Crippen molar-refractivity contribution in [2.24, 2.45) is 11.3 Å². The maximum Gasteiger partial charge on any atom is 0.387 e. The third kappa shape index (κ3) is 3.43. The summed E-state index contributed by atoms with van der Waals surface area (Å²) in [4.78, 5) is 25.6. The molecule has 1 saturated heterocycles. The van der Waals surface area contributed by atoms with Crippen LogP contribution in [0.5, 0.6) is 5.75 Å². The lowest BCUT2D eigenvalue weighted by Crippen LogP contribution is -2.40. The van der Waals surface area contributed by atoms with Gasteiger partial charge < -0.3 is 14.7 Å². The first kappa shape index (κ1) is 17.2. The molecule has 0 aliphatic carbocycles. The van der Waals surface area contributed by atoms with Gasteiger partial charge in [0.2, 0.25) is 0 Å². The zero-order valence-corrected chi connectivity index (χ0v) is 13.0. The van der Waals surface area contributed by atoms with E-state index in [0.29, 0.717) is 13.0 Å². The third-order valence-corrected chi connectivity index (χ3v) is 4.43. The van der Waals surface area contributed by atoms with Gasteiger partial charge in [0, 0.05) is 18.7 Å². The second-order valence-corrected chi connectivity index (χ2v) is 6.00. The standard InChI is InChI=1S/C16H19F2NO4/c1-10(2)16(14(21)22)6-7-19(9-16)13(20)11-4-3-5-12(8-11)23-15(17)18/h3-5,8,10,15H,6-7,9H2,1-2H3,(H,21,22). The van der Waals surface area contributed by atoms with Gasteiger partial charge in [0.25, 0.3) is 5.91 Å². The number of aliphatic carboxylic acids is 1. The molecule has 0 radical (unpaired) electrons. The third-order valence-electron chi connectivity index (χ3n) is 4.43. The zero-order chi connectivity index (χ0) is 17.2. The number of hydrogen-bond donors (Lipinski definition) is 1. The van der Waals surface area contributed by atoms with Crippen molar-refractivity contribution < 1.29 is 28.2 Å². The fraction of sp³-hybridized carbons (Fsp3) is 0.500. The molecule has 1 heterocycles. The van der Waals surface area contributed by atoms with E-state index in [1.165, 1.54) is 29.2 Å². The molecule has 1 unspecified atom stereocenters. The van der Waals surface area contributed by atoms with Crippen molar-refractivity contribution in [3.8, 4) is 5.75 Å². The lowest BCUT2D eigenvalue weighted by molar-refractivity contribution is -0.150. The first-order valence-electron chi connectivity index (χ1n) is 7.34. The van der Waals surface area contributed by atoms with Crippen LogP contribution in [0.15, 0.2) is 24.3 Å². The molecule has 1 atom stereocenters. The van der Waals surface area contributed by atoms with Crippen molar-refractivity contribution >= 4 is 11.9 Å².